The van der Waals surface area contributed by atoms with Crippen LogP contribution in [0.2, 0.25) is 0 Å². The van der Waals surface area contributed by atoms with Gasteiger partial charge in [-0.1, -0.05) is 0 Å². The molecule has 0 aliphatic carbocycles. The van der Waals surface area contributed by atoms with E-state index in [-0.39, 0.29) is 49.0 Å². The van der Waals surface area contributed by atoms with E-state index in [1.807, 2.05) is 11.1 Å². The molecule has 0 spiro atoms. The lowest BCUT2D eigenvalue weighted by Gasteiger charge is -2.36. The molecule has 5 rings (SSSR count). The van der Waals surface area contributed by atoms with Crippen molar-refractivity contribution in [1.29, 1.82) is 0 Å². The number of amides is 1. The lowest BCUT2D eigenvalue weighted by atomic mass is 9.97. The Morgan fingerprint density at radius 3 is 2.61 bits per heavy atom. The third kappa shape index (κ3) is 5.37. The summed E-state index contributed by atoms with van der Waals surface area (Å²) in [4.78, 5) is 21.6. The van der Waals surface area contributed by atoms with Gasteiger partial charge in [-0.05, 0) is 61.0 Å². The summed E-state index contributed by atoms with van der Waals surface area (Å²) < 4.78 is 13.9. The van der Waals surface area contributed by atoms with Crippen LogP contribution in [0.15, 0.2) is 48.7 Å². The molecule has 3 heterocycles. The van der Waals surface area contributed by atoms with Crippen molar-refractivity contribution >= 4 is 53.0 Å². The first kappa shape index (κ1) is 25.1. The molecule has 1 saturated heterocycles. The normalized spacial score (nSPS) is 18.0. The van der Waals surface area contributed by atoms with Crippen LogP contribution >= 0.6 is 24.8 Å². The van der Waals surface area contributed by atoms with Crippen molar-refractivity contribution in [1.82, 2.24) is 9.88 Å². The number of nitrogens with zero attached hydrogens (tertiary/aromatic N) is 3. The average Bonchev–Trinajstić information content (AvgIpc) is 3.36. The van der Waals surface area contributed by atoms with Crippen LogP contribution < -0.4 is 15.5 Å². The molecule has 2 aliphatic rings. The summed E-state index contributed by atoms with van der Waals surface area (Å²) in [6, 6.07) is 13.5. The maximum Gasteiger partial charge on any atom is 0.236 e. The maximum atomic E-state index is 13.9. The average molecular weight is 494 g/mol. The molecule has 0 radical (unpaired) electrons. The zero-order valence-electron chi connectivity index (χ0n) is 18.4. The van der Waals surface area contributed by atoms with E-state index in [1.165, 1.54) is 22.7 Å². The van der Waals surface area contributed by atoms with E-state index in [9.17, 15) is 9.18 Å². The topological polar surface area (TPSA) is 68.6 Å². The molecule has 3 aromatic rings. The number of piperazine rings is 1. The van der Waals surface area contributed by atoms with Gasteiger partial charge in [-0.2, -0.15) is 0 Å². The number of anilines is 2. The first-order valence-corrected chi connectivity index (χ1v) is 10.9. The molecule has 3 N–H and O–H groups in total. The number of nitrogens with one attached hydrogen (secondary N) is 1. The van der Waals surface area contributed by atoms with Crippen LogP contribution in [0.4, 0.5) is 15.8 Å². The molecule has 1 amide bonds. The van der Waals surface area contributed by atoms with Gasteiger partial charge < -0.3 is 20.5 Å². The Balaban J connectivity index is 0.00000153. The van der Waals surface area contributed by atoms with Gasteiger partial charge in [0.15, 0.2) is 0 Å². The van der Waals surface area contributed by atoms with Crippen LogP contribution in [0.5, 0.6) is 0 Å². The van der Waals surface area contributed by atoms with Crippen molar-refractivity contribution in [2.24, 2.45) is 5.73 Å². The summed E-state index contributed by atoms with van der Waals surface area (Å²) in [5.41, 5.74) is 9.79. The summed E-state index contributed by atoms with van der Waals surface area (Å²) in [6.07, 6.45) is 2.92. The highest BCUT2D eigenvalue weighted by Crippen LogP contribution is 2.38. The second kappa shape index (κ2) is 10.6. The number of primary amides is 1. The smallest absolute Gasteiger partial charge is 0.236 e. The molecular weight excluding hydrogens is 464 g/mol. The van der Waals surface area contributed by atoms with Crippen molar-refractivity contribution in [3.8, 4) is 0 Å². The first-order chi connectivity index (χ1) is 15.1. The Labute approximate surface area is 205 Å². The number of aromatic nitrogens is 1. The molecule has 0 bridgehead atoms. The quantitative estimate of drug-likeness (QED) is 0.548. The predicted molar refractivity (Wildman–Crippen MR) is 137 cm³/mol. The minimum Gasteiger partial charge on any atom is -0.369 e. The number of hydrogen-bond acceptors (Lipinski definition) is 4. The van der Waals surface area contributed by atoms with Crippen LogP contribution in [0.3, 0.4) is 0 Å². The fourth-order valence-electron chi connectivity index (χ4n) is 4.99. The highest BCUT2D eigenvalue weighted by atomic mass is 35.5. The highest BCUT2D eigenvalue weighted by Gasteiger charge is 2.30. The fraction of sp³-hybridized carbons (Fsp3) is 0.375. The number of nitrogens with two attached hydrogens (primary N) is 1. The summed E-state index contributed by atoms with van der Waals surface area (Å²) in [5.74, 6) is -0.360. The summed E-state index contributed by atoms with van der Waals surface area (Å²) >= 11 is 0. The monoisotopic (exact) mass is 493 g/mol. The number of rotatable bonds is 6. The standard InChI is InChI=1S/C24H28FN5O.2ClH/c25-19-1-4-23-21(14-19)18(15-30(23)16-24(26)31)6-8-28-9-11-29(12-10-28)20-2-3-22-17(13-20)5-7-27-22;;/h1-5,7,13-14,18,27H,6,8-12,15-16H2,(H2,26,31);2*1H. The van der Waals surface area contributed by atoms with Gasteiger partial charge in [-0.25, -0.2) is 4.39 Å². The van der Waals surface area contributed by atoms with Crippen molar-refractivity contribution in [3.05, 3.63) is 60.0 Å². The van der Waals surface area contributed by atoms with E-state index in [4.69, 9.17) is 5.73 Å². The molecule has 1 aromatic heterocycles. The molecule has 6 nitrogen and oxygen atoms in total. The molecule has 1 atom stereocenters. The Bertz CT molecular complexity index is 1100. The van der Waals surface area contributed by atoms with Gasteiger partial charge in [0.25, 0.3) is 0 Å². The second-order valence-corrected chi connectivity index (χ2v) is 8.61. The molecule has 0 saturated carbocycles. The molecule has 2 aromatic carbocycles. The molecule has 1 fully saturated rings. The van der Waals surface area contributed by atoms with Crippen molar-refractivity contribution in [3.63, 3.8) is 0 Å². The number of aromatic amines is 1. The van der Waals surface area contributed by atoms with Gasteiger partial charge in [0, 0.05) is 67.1 Å². The van der Waals surface area contributed by atoms with Gasteiger partial charge >= 0.3 is 0 Å². The summed E-state index contributed by atoms with van der Waals surface area (Å²) in [7, 11) is 0. The third-order valence-electron chi connectivity index (χ3n) is 6.63. The molecule has 178 valence electrons. The van der Waals surface area contributed by atoms with Gasteiger partial charge in [0.2, 0.25) is 5.91 Å². The zero-order chi connectivity index (χ0) is 21.4. The van der Waals surface area contributed by atoms with Gasteiger partial charge in [0.1, 0.15) is 5.82 Å². The molecule has 33 heavy (non-hydrogen) atoms. The Kier molecular flexibility index (Phi) is 8.10. The molecule has 2 aliphatic heterocycles. The lowest BCUT2D eigenvalue weighted by Crippen LogP contribution is -2.46. The summed E-state index contributed by atoms with van der Waals surface area (Å²) in [5, 5.41) is 1.24. The molecule has 1 unspecified atom stereocenters. The number of H-pyrrole nitrogens is 1. The van der Waals surface area contributed by atoms with E-state index < -0.39 is 0 Å². The Morgan fingerprint density at radius 2 is 1.85 bits per heavy atom. The van der Waals surface area contributed by atoms with Crippen molar-refractivity contribution in [2.75, 3.05) is 55.6 Å². The SMILES string of the molecule is Cl.Cl.NC(=O)CN1CC(CCN2CCN(c3ccc4[nH]ccc4c3)CC2)c2cc(F)ccc21. The van der Waals surface area contributed by atoms with E-state index >= 15 is 0 Å². The van der Waals surface area contributed by atoms with Crippen LogP contribution in [0.1, 0.15) is 17.9 Å². The van der Waals surface area contributed by atoms with Crippen molar-refractivity contribution < 1.29 is 9.18 Å². The van der Waals surface area contributed by atoms with E-state index in [2.05, 4.69) is 39.0 Å². The van der Waals surface area contributed by atoms with E-state index in [1.54, 1.807) is 12.1 Å². The minimum atomic E-state index is -0.357. The number of halogens is 3. The molecular formula is C24H30Cl2FN5O. The number of carbonyl (C=O) groups excluding carboxylic acids is 1. The van der Waals surface area contributed by atoms with Gasteiger partial charge in [-0.15, -0.1) is 24.8 Å². The summed E-state index contributed by atoms with van der Waals surface area (Å²) in [6.45, 7) is 5.89. The minimum absolute atomic E-state index is 0. The fourth-order valence-corrected chi connectivity index (χ4v) is 4.99. The van der Waals surface area contributed by atoms with Crippen molar-refractivity contribution in [2.45, 2.75) is 12.3 Å². The number of hydrogen-bond donors (Lipinski definition) is 2. The number of carbonyl (C=O) groups is 1. The van der Waals surface area contributed by atoms with Crippen LogP contribution in [0.25, 0.3) is 10.9 Å². The van der Waals surface area contributed by atoms with E-state index in [0.29, 0.717) is 0 Å². The maximum absolute atomic E-state index is 13.9. The Hall–Kier alpha value is -2.48. The number of benzene rings is 2. The third-order valence-corrected chi connectivity index (χ3v) is 6.63. The first-order valence-electron chi connectivity index (χ1n) is 10.9. The van der Waals surface area contributed by atoms with Crippen LogP contribution in [-0.4, -0.2) is 61.6 Å². The largest absolute Gasteiger partial charge is 0.369 e. The van der Waals surface area contributed by atoms with Gasteiger partial charge in [-0.3, -0.25) is 9.69 Å². The molecule has 9 heteroatoms. The Morgan fingerprint density at radius 1 is 1.06 bits per heavy atom. The lowest BCUT2D eigenvalue weighted by molar-refractivity contribution is -0.116. The van der Waals surface area contributed by atoms with Crippen LogP contribution in [0, 0.1) is 5.82 Å². The second-order valence-electron chi connectivity index (χ2n) is 8.61. The number of fused-ring (bicyclic) bond motifs is 2. The zero-order valence-corrected chi connectivity index (χ0v) is 20.0. The van der Waals surface area contributed by atoms with Gasteiger partial charge in [0.05, 0.1) is 6.54 Å². The van der Waals surface area contributed by atoms with Crippen LogP contribution in [-0.2, 0) is 4.79 Å². The predicted octanol–water partition coefficient (Wildman–Crippen LogP) is 3.75. The van der Waals surface area contributed by atoms with E-state index in [0.717, 1.165) is 56.9 Å². The highest BCUT2D eigenvalue weighted by molar-refractivity contribution is 5.86.